The van der Waals surface area contributed by atoms with Crippen LogP contribution in [0.4, 0.5) is 0 Å². The average molecular weight is 386 g/mol. The summed E-state index contributed by atoms with van der Waals surface area (Å²) in [6.45, 7) is 5.47. The Morgan fingerprint density at radius 3 is 2.54 bits per heavy atom. The Hall–Kier alpha value is -2.83. The Bertz CT molecular complexity index is 747. The minimum Gasteiger partial charge on any atom is -0.361 e. The Kier molecular flexibility index (Phi) is 8.52. The van der Waals surface area contributed by atoms with Crippen molar-refractivity contribution >= 4 is 11.9 Å². The maximum Gasteiger partial charge on any atom is 0.241 e. The van der Waals surface area contributed by atoms with Crippen LogP contribution in [0.1, 0.15) is 36.4 Å². The van der Waals surface area contributed by atoms with Crippen molar-refractivity contribution in [3.63, 3.8) is 0 Å². The van der Waals surface area contributed by atoms with Gasteiger partial charge in [0.25, 0.3) is 0 Å². The van der Waals surface area contributed by atoms with E-state index in [4.69, 9.17) is 4.52 Å². The lowest BCUT2D eigenvalue weighted by Gasteiger charge is -2.15. The molecule has 0 saturated heterocycles. The lowest BCUT2D eigenvalue weighted by Crippen LogP contribution is -2.43. The SMILES string of the molecule is CCc1noc(CC)c1CN=C(NCCc1ccccc1)NCC(=O)N(C)C. The van der Waals surface area contributed by atoms with Gasteiger partial charge in [0.2, 0.25) is 5.91 Å². The molecule has 0 aliphatic rings. The quantitative estimate of drug-likeness (QED) is 0.511. The fourth-order valence-corrected chi connectivity index (χ4v) is 2.74. The monoisotopic (exact) mass is 385 g/mol. The zero-order valence-corrected chi connectivity index (χ0v) is 17.3. The molecule has 152 valence electrons. The summed E-state index contributed by atoms with van der Waals surface area (Å²) >= 11 is 0. The minimum atomic E-state index is -0.00830. The van der Waals surface area contributed by atoms with Crippen LogP contribution in [0.2, 0.25) is 0 Å². The van der Waals surface area contributed by atoms with E-state index in [1.807, 2.05) is 25.1 Å². The molecule has 1 heterocycles. The second-order valence-electron chi connectivity index (χ2n) is 6.71. The van der Waals surface area contributed by atoms with Crippen LogP contribution < -0.4 is 10.6 Å². The van der Waals surface area contributed by atoms with Crippen molar-refractivity contribution in [2.24, 2.45) is 4.99 Å². The highest BCUT2D eigenvalue weighted by molar-refractivity contribution is 5.86. The molecule has 1 amide bonds. The predicted octanol–water partition coefficient (Wildman–Crippen LogP) is 2.17. The van der Waals surface area contributed by atoms with Crippen LogP contribution in [-0.4, -0.2) is 49.1 Å². The molecule has 7 nitrogen and oxygen atoms in total. The molecule has 0 spiro atoms. The molecular weight excluding hydrogens is 354 g/mol. The van der Waals surface area contributed by atoms with E-state index in [0.29, 0.717) is 12.5 Å². The Morgan fingerprint density at radius 1 is 1.14 bits per heavy atom. The first kappa shape index (κ1) is 21.5. The Morgan fingerprint density at radius 2 is 1.89 bits per heavy atom. The molecule has 0 fully saturated rings. The zero-order chi connectivity index (χ0) is 20.4. The molecule has 1 aromatic carbocycles. The summed E-state index contributed by atoms with van der Waals surface area (Å²) in [7, 11) is 3.48. The number of hydrogen-bond acceptors (Lipinski definition) is 4. The third-order valence-electron chi connectivity index (χ3n) is 4.46. The number of amides is 1. The zero-order valence-electron chi connectivity index (χ0n) is 17.3. The van der Waals surface area contributed by atoms with E-state index in [-0.39, 0.29) is 12.5 Å². The molecule has 0 aliphatic carbocycles. The molecule has 0 radical (unpaired) electrons. The number of carbonyl (C=O) groups excluding carboxylic acids is 1. The highest BCUT2D eigenvalue weighted by Crippen LogP contribution is 2.16. The predicted molar refractivity (Wildman–Crippen MR) is 111 cm³/mol. The van der Waals surface area contributed by atoms with Crippen LogP contribution >= 0.6 is 0 Å². The summed E-state index contributed by atoms with van der Waals surface area (Å²) in [6.07, 6.45) is 2.45. The van der Waals surface area contributed by atoms with Crippen LogP contribution in [-0.2, 0) is 30.6 Å². The maximum atomic E-state index is 11.9. The van der Waals surface area contributed by atoms with Crippen molar-refractivity contribution in [2.75, 3.05) is 27.2 Å². The van der Waals surface area contributed by atoms with Gasteiger partial charge in [-0.3, -0.25) is 4.79 Å². The molecule has 28 heavy (non-hydrogen) atoms. The number of likely N-dealkylation sites (N-methyl/N-ethyl adjacent to an activating group) is 1. The molecule has 0 aliphatic heterocycles. The van der Waals surface area contributed by atoms with Crippen LogP contribution in [0.3, 0.4) is 0 Å². The third kappa shape index (κ3) is 6.40. The number of nitrogens with one attached hydrogen (secondary N) is 2. The molecular formula is C21H31N5O2. The van der Waals surface area contributed by atoms with Crippen molar-refractivity contribution in [1.29, 1.82) is 0 Å². The number of aliphatic imine (C=N–C) groups is 1. The standard InChI is InChI=1S/C21H31N5O2/c1-5-18-17(19(6-2)28-25-18)14-23-21(24-15-20(27)26(3)4)22-13-12-16-10-8-7-9-11-16/h7-11H,5-6,12-15H2,1-4H3,(H2,22,23,24). The van der Waals surface area contributed by atoms with Crippen molar-refractivity contribution in [3.05, 3.63) is 52.9 Å². The van der Waals surface area contributed by atoms with Gasteiger partial charge in [0.1, 0.15) is 5.76 Å². The van der Waals surface area contributed by atoms with Gasteiger partial charge in [0.15, 0.2) is 5.96 Å². The van der Waals surface area contributed by atoms with Crippen LogP contribution in [0, 0.1) is 0 Å². The smallest absolute Gasteiger partial charge is 0.241 e. The van der Waals surface area contributed by atoms with Gasteiger partial charge in [-0.05, 0) is 18.4 Å². The van der Waals surface area contributed by atoms with Crippen molar-refractivity contribution in [3.8, 4) is 0 Å². The highest BCUT2D eigenvalue weighted by atomic mass is 16.5. The number of benzene rings is 1. The summed E-state index contributed by atoms with van der Waals surface area (Å²) in [5, 5.41) is 10.6. The third-order valence-corrected chi connectivity index (χ3v) is 4.46. The topological polar surface area (TPSA) is 82.8 Å². The van der Waals surface area contributed by atoms with Crippen molar-refractivity contribution < 1.29 is 9.32 Å². The first-order valence-electron chi connectivity index (χ1n) is 9.77. The molecule has 7 heteroatoms. The number of guanidine groups is 1. The number of rotatable bonds is 9. The summed E-state index contributed by atoms with van der Waals surface area (Å²) in [5.74, 6) is 1.47. The molecule has 2 N–H and O–H groups in total. The first-order valence-corrected chi connectivity index (χ1v) is 9.77. The second-order valence-corrected chi connectivity index (χ2v) is 6.71. The van der Waals surface area contributed by atoms with E-state index in [1.54, 1.807) is 19.0 Å². The molecule has 0 unspecified atom stereocenters. The molecule has 1 aromatic heterocycles. The normalized spacial score (nSPS) is 11.4. The van der Waals surface area contributed by atoms with Gasteiger partial charge in [-0.2, -0.15) is 0 Å². The van der Waals surface area contributed by atoms with Gasteiger partial charge in [0.05, 0.1) is 18.8 Å². The Balaban J connectivity index is 2.04. The van der Waals surface area contributed by atoms with Crippen molar-refractivity contribution in [1.82, 2.24) is 20.7 Å². The van der Waals surface area contributed by atoms with E-state index in [1.165, 1.54) is 5.56 Å². The largest absolute Gasteiger partial charge is 0.361 e. The average Bonchev–Trinajstić information content (AvgIpc) is 3.12. The van der Waals surface area contributed by atoms with Gasteiger partial charge < -0.3 is 20.1 Å². The number of carbonyl (C=O) groups is 1. The summed E-state index contributed by atoms with van der Waals surface area (Å²) in [5.41, 5.74) is 3.22. The summed E-state index contributed by atoms with van der Waals surface area (Å²) in [4.78, 5) is 18.2. The van der Waals surface area contributed by atoms with Gasteiger partial charge in [0, 0.05) is 32.6 Å². The second kappa shape index (κ2) is 11.1. The fourth-order valence-electron chi connectivity index (χ4n) is 2.74. The lowest BCUT2D eigenvalue weighted by atomic mass is 10.1. The number of aryl methyl sites for hydroxylation is 2. The summed E-state index contributed by atoms with van der Waals surface area (Å²) < 4.78 is 5.42. The maximum absolute atomic E-state index is 11.9. The minimum absolute atomic E-state index is 0.00830. The molecule has 0 atom stereocenters. The molecule has 2 rings (SSSR count). The summed E-state index contributed by atoms with van der Waals surface area (Å²) in [6, 6.07) is 10.3. The van der Waals surface area contributed by atoms with Gasteiger partial charge in [-0.1, -0.05) is 49.3 Å². The highest BCUT2D eigenvalue weighted by Gasteiger charge is 2.13. The first-order chi connectivity index (χ1) is 13.5. The van der Waals surface area contributed by atoms with E-state index in [2.05, 4.69) is 39.8 Å². The van der Waals surface area contributed by atoms with Gasteiger partial charge >= 0.3 is 0 Å². The number of hydrogen-bond donors (Lipinski definition) is 2. The number of aromatic nitrogens is 1. The fraction of sp³-hybridized carbons (Fsp3) is 0.476. The molecule has 2 aromatic rings. The number of nitrogens with zero attached hydrogens (tertiary/aromatic N) is 3. The van der Waals surface area contributed by atoms with Gasteiger partial charge in [-0.25, -0.2) is 4.99 Å². The molecule has 0 saturated carbocycles. The van der Waals surface area contributed by atoms with Gasteiger partial charge in [-0.15, -0.1) is 0 Å². The van der Waals surface area contributed by atoms with E-state index in [9.17, 15) is 4.79 Å². The van der Waals surface area contributed by atoms with E-state index in [0.717, 1.165) is 42.8 Å². The van der Waals surface area contributed by atoms with Crippen molar-refractivity contribution in [2.45, 2.75) is 39.7 Å². The van der Waals surface area contributed by atoms with E-state index >= 15 is 0 Å². The molecule has 0 bridgehead atoms. The van der Waals surface area contributed by atoms with Crippen LogP contribution in [0.5, 0.6) is 0 Å². The van der Waals surface area contributed by atoms with Crippen LogP contribution in [0.25, 0.3) is 0 Å². The van der Waals surface area contributed by atoms with E-state index < -0.39 is 0 Å². The van der Waals surface area contributed by atoms with Crippen LogP contribution in [0.15, 0.2) is 39.8 Å². The lowest BCUT2D eigenvalue weighted by molar-refractivity contribution is -0.127. The Labute approximate surface area is 167 Å².